The topological polar surface area (TPSA) is 114 Å². The maximum Gasteiger partial charge on any atom is 0.329 e. The number of imidazole rings is 1. The fraction of sp³-hybridized carbons (Fsp3) is 0.368. The zero-order chi connectivity index (χ0) is 21.0. The number of nitrogens with zero attached hydrogens (tertiary/aromatic N) is 2. The van der Waals surface area contributed by atoms with Gasteiger partial charge in [0.15, 0.2) is 0 Å². The van der Waals surface area contributed by atoms with Crippen molar-refractivity contribution in [3.63, 3.8) is 0 Å². The van der Waals surface area contributed by atoms with E-state index in [2.05, 4.69) is 24.8 Å². The van der Waals surface area contributed by atoms with Gasteiger partial charge < -0.3 is 24.7 Å². The first-order valence-electron chi connectivity index (χ1n) is 8.94. The molecule has 0 saturated heterocycles. The SMILES string of the molecule is COC(=O)CC(NC(=O)N1CCc2[nH]cnc2C1c1cccc(F)c1)C(=O)OC. The average Bonchev–Trinajstić information content (AvgIpc) is 3.20. The number of carbonyl (C=O) groups is 3. The molecule has 1 aliphatic rings. The number of amides is 2. The van der Waals surface area contributed by atoms with Gasteiger partial charge in [0.25, 0.3) is 0 Å². The third-order valence-electron chi connectivity index (χ3n) is 4.73. The van der Waals surface area contributed by atoms with E-state index in [1.54, 1.807) is 12.1 Å². The minimum absolute atomic E-state index is 0.300. The summed E-state index contributed by atoms with van der Waals surface area (Å²) in [6.45, 7) is 0.300. The van der Waals surface area contributed by atoms with Gasteiger partial charge in [-0.05, 0) is 17.7 Å². The minimum Gasteiger partial charge on any atom is -0.469 e. The normalized spacial score (nSPS) is 16.5. The van der Waals surface area contributed by atoms with Gasteiger partial charge in [0.2, 0.25) is 0 Å². The van der Waals surface area contributed by atoms with E-state index in [4.69, 9.17) is 0 Å². The van der Waals surface area contributed by atoms with E-state index in [1.807, 2.05) is 0 Å². The summed E-state index contributed by atoms with van der Waals surface area (Å²) < 4.78 is 23.1. The summed E-state index contributed by atoms with van der Waals surface area (Å²) >= 11 is 0. The lowest BCUT2D eigenvalue weighted by Gasteiger charge is -2.36. The quantitative estimate of drug-likeness (QED) is 0.727. The summed E-state index contributed by atoms with van der Waals surface area (Å²) in [5, 5.41) is 2.52. The van der Waals surface area contributed by atoms with Crippen LogP contribution in [0, 0.1) is 5.82 Å². The molecule has 1 aromatic carbocycles. The average molecular weight is 404 g/mol. The number of rotatable bonds is 5. The van der Waals surface area contributed by atoms with Gasteiger partial charge in [-0.25, -0.2) is 19.0 Å². The molecule has 0 spiro atoms. The van der Waals surface area contributed by atoms with Crippen LogP contribution in [0.25, 0.3) is 0 Å². The number of H-pyrrole nitrogens is 1. The molecule has 2 atom stereocenters. The van der Waals surface area contributed by atoms with E-state index in [0.717, 1.165) is 12.8 Å². The second-order valence-corrected chi connectivity index (χ2v) is 6.47. The van der Waals surface area contributed by atoms with Crippen molar-refractivity contribution >= 4 is 18.0 Å². The van der Waals surface area contributed by atoms with Crippen molar-refractivity contribution in [1.29, 1.82) is 0 Å². The van der Waals surface area contributed by atoms with E-state index in [0.29, 0.717) is 24.2 Å². The van der Waals surface area contributed by atoms with Crippen molar-refractivity contribution in [2.24, 2.45) is 0 Å². The predicted molar refractivity (Wildman–Crippen MR) is 98.2 cm³/mol. The Hall–Kier alpha value is -3.43. The Bertz CT molecular complexity index is 916. The number of urea groups is 1. The van der Waals surface area contributed by atoms with Gasteiger partial charge in [-0.3, -0.25) is 4.79 Å². The highest BCUT2D eigenvalue weighted by Crippen LogP contribution is 2.33. The van der Waals surface area contributed by atoms with E-state index >= 15 is 0 Å². The molecule has 2 N–H and O–H groups in total. The molecular formula is C19H21FN4O5. The Morgan fingerprint density at radius 1 is 1.34 bits per heavy atom. The third-order valence-corrected chi connectivity index (χ3v) is 4.73. The van der Waals surface area contributed by atoms with Crippen LogP contribution in [0.5, 0.6) is 0 Å². The van der Waals surface area contributed by atoms with Crippen LogP contribution in [0.3, 0.4) is 0 Å². The molecule has 29 heavy (non-hydrogen) atoms. The van der Waals surface area contributed by atoms with E-state index < -0.39 is 35.9 Å². The second-order valence-electron chi connectivity index (χ2n) is 6.47. The van der Waals surface area contributed by atoms with Gasteiger partial charge in [-0.1, -0.05) is 12.1 Å². The van der Waals surface area contributed by atoms with Crippen LogP contribution in [0.2, 0.25) is 0 Å². The number of carbonyl (C=O) groups excluding carboxylic acids is 3. The number of esters is 2. The van der Waals surface area contributed by atoms with Crippen LogP contribution in [-0.4, -0.2) is 59.6 Å². The fourth-order valence-corrected chi connectivity index (χ4v) is 3.33. The highest BCUT2D eigenvalue weighted by atomic mass is 19.1. The zero-order valence-electron chi connectivity index (χ0n) is 16.0. The molecule has 2 aromatic rings. The van der Waals surface area contributed by atoms with Crippen LogP contribution in [0.15, 0.2) is 30.6 Å². The molecule has 10 heteroatoms. The summed E-state index contributed by atoms with van der Waals surface area (Å²) in [6, 6.07) is 3.42. The number of methoxy groups -OCH3 is 2. The standard InChI is InChI=1S/C19H21FN4O5/c1-28-15(25)9-14(18(26)29-2)23-19(27)24-7-6-13-16(22-10-21-13)17(24)11-4-3-5-12(20)8-11/h3-5,8,10,14,17H,6-7,9H2,1-2H3,(H,21,22)(H,23,27). The van der Waals surface area contributed by atoms with Crippen molar-refractivity contribution < 1.29 is 28.2 Å². The lowest BCUT2D eigenvalue weighted by Crippen LogP contribution is -2.52. The maximum atomic E-state index is 13.8. The third kappa shape index (κ3) is 4.36. The number of hydrogen-bond acceptors (Lipinski definition) is 6. The molecule has 1 aliphatic heterocycles. The number of fused-ring (bicyclic) bond motifs is 1. The lowest BCUT2D eigenvalue weighted by molar-refractivity contribution is -0.149. The molecule has 0 aliphatic carbocycles. The predicted octanol–water partition coefficient (Wildman–Crippen LogP) is 1.31. The van der Waals surface area contributed by atoms with E-state index in [9.17, 15) is 18.8 Å². The highest BCUT2D eigenvalue weighted by molar-refractivity contribution is 5.87. The maximum absolute atomic E-state index is 13.8. The summed E-state index contributed by atoms with van der Waals surface area (Å²) in [6.07, 6.45) is 1.66. The van der Waals surface area contributed by atoms with Gasteiger partial charge in [0.1, 0.15) is 17.9 Å². The van der Waals surface area contributed by atoms with Crippen LogP contribution in [-0.2, 0) is 25.5 Å². The number of hydrogen-bond donors (Lipinski definition) is 2. The summed E-state index contributed by atoms with van der Waals surface area (Å²) in [7, 11) is 2.34. The van der Waals surface area contributed by atoms with Gasteiger partial charge in [-0.15, -0.1) is 0 Å². The summed E-state index contributed by atoms with van der Waals surface area (Å²) in [5.41, 5.74) is 1.98. The summed E-state index contributed by atoms with van der Waals surface area (Å²) in [4.78, 5) is 45.4. The minimum atomic E-state index is -1.21. The Morgan fingerprint density at radius 2 is 2.14 bits per heavy atom. The van der Waals surface area contributed by atoms with Crippen LogP contribution in [0.4, 0.5) is 9.18 Å². The zero-order valence-corrected chi connectivity index (χ0v) is 16.0. The molecule has 3 rings (SSSR count). The lowest BCUT2D eigenvalue weighted by atomic mass is 9.96. The fourth-order valence-electron chi connectivity index (χ4n) is 3.33. The number of benzene rings is 1. The molecule has 0 saturated carbocycles. The van der Waals surface area contributed by atoms with Crippen LogP contribution < -0.4 is 5.32 Å². The monoisotopic (exact) mass is 404 g/mol. The smallest absolute Gasteiger partial charge is 0.329 e. The van der Waals surface area contributed by atoms with E-state index in [1.165, 1.54) is 30.5 Å². The van der Waals surface area contributed by atoms with Crippen molar-refractivity contribution in [3.05, 3.63) is 53.4 Å². The number of ether oxygens (including phenoxy) is 2. The van der Waals surface area contributed by atoms with Crippen molar-refractivity contribution in [3.8, 4) is 0 Å². The molecule has 0 fully saturated rings. The number of aromatic amines is 1. The van der Waals surface area contributed by atoms with Crippen molar-refractivity contribution in [2.75, 3.05) is 20.8 Å². The number of halogens is 1. The second kappa shape index (κ2) is 8.72. The first-order valence-corrected chi connectivity index (χ1v) is 8.94. The molecule has 2 amide bonds. The number of nitrogens with one attached hydrogen (secondary N) is 2. The first-order chi connectivity index (χ1) is 13.9. The Balaban J connectivity index is 1.89. The highest BCUT2D eigenvalue weighted by Gasteiger charge is 2.36. The van der Waals surface area contributed by atoms with Crippen molar-refractivity contribution in [1.82, 2.24) is 20.2 Å². The van der Waals surface area contributed by atoms with Gasteiger partial charge in [0.05, 0.1) is 32.7 Å². The molecule has 154 valence electrons. The molecule has 2 heterocycles. The van der Waals surface area contributed by atoms with Gasteiger partial charge >= 0.3 is 18.0 Å². The molecular weight excluding hydrogens is 383 g/mol. The Kier molecular flexibility index (Phi) is 6.10. The van der Waals surface area contributed by atoms with Crippen LogP contribution in [0.1, 0.15) is 29.4 Å². The number of aromatic nitrogens is 2. The first kappa shape index (κ1) is 20.3. The van der Waals surface area contributed by atoms with Gasteiger partial charge in [0, 0.05) is 18.7 Å². The molecule has 9 nitrogen and oxygen atoms in total. The summed E-state index contributed by atoms with van der Waals surface area (Å²) in [5.74, 6) is -1.89. The molecule has 1 aromatic heterocycles. The van der Waals surface area contributed by atoms with Gasteiger partial charge in [-0.2, -0.15) is 0 Å². The van der Waals surface area contributed by atoms with Crippen molar-refractivity contribution in [2.45, 2.75) is 24.9 Å². The van der Waals surface area contributed by atoms with E-state index in [-0.39, 0.29) is 6.42 Å². The Labute approximate surface area is 166 Å². The van der Waals surface area contributed by atoms with Crippen LogP contribution >= 0.6 is 0 Å². The molecule has 2 unspecified atom stereocenters. The molecule has 0 bridgehead atoms. The Morgan fingerprint density at radius 3 is 2.83 bits per heavy atom. The molecule has 0 radical (unpaired) electrons. The largest absolute Gasteiger partial charge is 0.469 e.